The molecule has 0 aliphatic carbocycles. The van der Waals surface area contributed by atoms with E-state index in [2.05, 4.69) is 9.98 Å². The topological polar surface area (TPSA) is 57.0 Å². The molecule has 1 aromatic heterocycles. The van der Waals surface area contributed by atoms with Gasteiger partial charge in [0.15, 0.2) is 5.82 Å². The summed E-state index contributed by atoms with van der Waals surface area (Å²) >= 11 is 0. The van der Waals surface area contributed by atoms with Gasteiger partial charge in [-0.15, -0.1) is 0 Å². The van der Waals surface area contributed by atoms with Gasteiger partial charge in [0.25, 0.3) is 0 Å². The Morgan fingerprint density at radius 3 is 1.73 bits per heavy atom. The first-order chi connectivity index (χ1) is 12.7. The fraction of sp³-hybridized carbons (Fsp3) is 0.200. The fourth-order valence-corrected chi connectivity index (χ4v) is 2.32. The number of nitrogens with zero attached hydrogens (tertiary/aromatic N) is 6. The second-order valence-corrected chi connectivity index (χ2v) is 5.30. The molecular formula is C20H24N6. The maximum absolute atomic E-state index is 4.72. The number of aromatic nitrogens is 2. The molecule has 0 aliphatic heterocycles. The molecule has 0 bridgehead atoms. The number of hydrogen-bond donors (Lipinski definition) is 0. The average Bonchev–Trinajstić information content (AvgIpc) is 2.68. The van der Waals surface area contributed by atoms with Crippen molar-refractivity contribution in [2.24, 2.45) is 9.98 Å². The SMILES string of the molecule is C/C=C\N(C=NC)c1cc(N(C=NC)/C=C\C)nc(-c2ccccc2)n1. The van der Waals surface area contributed by atoms with E-state index in [1.54, 1.807) is 26.8 Å². The van der Waals surface area contributed by atoms with E-state index in [0.29, 0.717) is 5.82 Å². The van der Waals surface area contributed by atoms with Crippen LogP contribution in [0.1, 0.15) is 13.8 Å². The molecule has 1 aromatic carbocycles. The van der Waals surface area contributed by atoms with E-state index in [4.69, 9.17) is 9.97 Å². The van der Waals surface area contributed by atoms with Crippen LogP contribution in [0, 0.1) is 0 Å². The zero-order chi connectivity index (χ0) is 18.8. The molecule has 0 N–H and O–H groups in total. The minimum atomic E-state index is 0.635. The summed E-state index contributed by atoms with van der Waals surface area (Å²) in [6.07, 6.45) is 11.1. The number of rotatable bonds is 7. The number of hydrogen-bond acceptors (Lipinski definition) is 4. The molecule has 2 aromatic rings. The van der Waals surface area contributed by atoms with Crippen LogP contribution in [-0.4, -0.2) is 36.7 Å². The van der Waals surface area contributed by atoms with Crippen molar-refractivity contribution in [2.75, 3.05) is 23.9 Å². The van der Waals surface area contributed by atoms with Gasteiger partial charge in [-0.25, -0.2) is 9.97 Å². The van der Waals surface area contributed by atoms with Crippen molar-refractivity contribution in [3.05, 3.63) is 61.0 Å². The summed E-state index contributed by atoms with van der Waals surface area (Å²) < 4.78 is 0. The Hall–Kier alpha value is -3.28. The molecule has 0 atom stereocenters. The first kappa shape index (κ1) is 19.1. The lowest BCUT2D eigenvalue weighted by molar-refractivity contribution is 1.11. The summed E-state index contributed by atoms with van der Waals surface area (Å²) in [5.41, 5.74) is 0.943. The van der Waals surface area contributed by atoms with Crippen molar-refractivity contribution in [2.45, 2.75) is 13.8 Å². The number of benzene rings is 1. The third-order valence-corrected chi connectivity index (χ3v) is 3.36. The number of allylic oxidation sites excluding steroid dienone is 2. The van der Waals surface area contributed by atoms with E-state index in [0.717, 1.165) is 17.2 Å². The predicted octanol–water partition coefficient (Wildman–Crippen LogP) is 4.14. The van der Waals surface area contributed by atoms with Gasteiger partial charge in [0.2, 0.25) is 0 Å². The standard InChI is InChI=1S/C20H24N6/c1-5-12-25(15-21-3)18-14-19(26(13-6-2)16-22-4)24-20(23-18)17-10-8-7-9-11-17/h5-16H,1-4H3/b12-5-,13-6-,21-15?,22-16?. The van der Waals surface area contributed by atoms with Crippen molar-refractivity contribution < 1.29 is 0 Å². The van der Waals surface area contributed by atoms with Crippen molar-refractivity contribution in [3.8, 4) is 11.4 Å². The monoisotopic (exact) mass is 348 g/mol. The first-order valence-electron chi connectivity index (χ1n) is 8.34. The van der Waals surface area contributed by atoms with Crippen LogP contribution in [0.5, 0.6) is 0 Å². The van der Waals surface area contributed by atoms with Crippen LogP contribution in [0.25, 0.3) is 11.4 Å². The van der Waals surface area contributed by atoms with E-state index < -0.39 is 0 Å². The lowest BCUT2D eigenvalue weighted by Gasteiger charge is -2.19. The normalized spacial score (nSPS) is 12.0. The van der Waals surface area contributed by atoms with Crippen molar-refractivity contribution in [1.82, 2.24) is 9.97 Å². The van der Waals surface area contributed by atoms with Crippen LogP contribution in [0.2, 0.25) is 0 Å². The Kier molecular flexibility index (Phi) is 7.24. The van der Waals surface area contributed by atoms with Crippen LogP contribution in [-0.2, 0) is 0 Å². The van der Waals surface area contributed by atoms with E-state index in [1.807, 2.05) is 84.6 Å². The summed E-state index contributed by atoms with van der Waals surface area (Å²) in [5.74, 6) is 2.07. The predicted molar refractivity (Wildman–Crippen MR) is 111 cm³/mol. The molecule has 1 heterocycles. The van der Waals surface area contributed by atoms with E-state index in [1.165, 1.54) is 0 Å². The van der Waals surface area contributed by atoms with Gasteiger partial charge in [-0.3, -0.25) is 19.8 Å². The fourth-order valence-electron chi connectivity index (χ4n) is 2.32. The van der Waals surface area contributed by atoms with Gasteiger partial charge in [-0.1, -0.05) is 42.5 Å². The maximum Gasteiger partial charge on any atom is 0.163 e. The van der Waals surface area contributed by atoms with Gasteiger partial charge in [0.05, 0.1) is 12.7 Å². The number of aliphatic imine (C=N–C) groups is 2. The van der Waals surface area contributed by atoms with Crippen LogP contribution in [0.15, 0.2) is 70.9 Å². The molecule has 0 saturated heterocycles. The van der Waals surface area contributed by atoms with Gasteiger partial charge in [-0.2, -0.15) is 0 Å². The Morgan fingerprint density at radius 2 is 1.31 bits per heavy atom. The minimum absolute atomic E-state index is 0.635. The summed E-state index contributed by atoms with van der Waals surface area (Å²) in [6.45, 7) is 3.90. The summed E-state index contributed by atoms with van der Waals surface area (Å²) in [7, 11) is 3.46. The first-order valence-corrected chi connectivity index (χ1v) is 8.34. The molecule has 2 rings (SSSR count). The van der Waals surface area contributed by atoms with Crippen LogP contribution < -0.4 is 9.80 Å². The van der Waals surface area contributed by atoms with Crippen molar-refractivity contribution in [1.29, 1.82) is 0 Å². The Bertz CT molecular complexity index is 738. The van der Waals surface area contributed by atoms with Crippen LogP contribution in [0.4, 0.5) is 11.6 Å². The second kappa shape index (κ2) is 9.88. The van der Waals surface area contributed by atoms with Gasteiger partial charge in [0.1, 0.15) is 11.6 Å². The summed E-state index contributed by atoms with van der Waals surface area (Å²) in [5, 5.41) is 0. The highest BCUT2D eigenvalue weighted by Gasteiger charge is 2.13. The Balaban J connectivity index is 2.65. The Morgan fingerprint density at radius 1 is 0.808 bits per heavy atom. The molecule has 0 unspecified atom stereocenters. The van der Waals surface area contributed by atoms with Gasteiger partial charge >= 0.3 is 0 Å². The molecule has 0 spiro atoms. The molecule has 0 aliphatic rings. The zero-order valence-corrected chi connectivity index (χ0v) is 15.6. The van der Waals surface area contributed by atoms with Crippen molar-refractivity contribution in [3.63, 3.8) is 0 Å². The molecule has 0 fully saturated rings. The third-order valence-electron chi connectivity index (χ3n) is 3.36. The van der Waals surface area contributed by atoms with E-state index in [9.17, 15) is 0 Å². The van der Waals surface area contributed by atoms with Crippen LogP contribution >= 0.6 is 0 Å². The molecule has 6 heteroatoms. The third kappa shape index (κ3) is 4.86. The Labute approximate surface area is 155 Å². The average molecular weight is 348 g/mol. The quantitative estimate of drug-likeness (QED) is 0.557. The van der Waals surface area contributed by atoms with Gasteiger partial charge in [-0.05, 0) is 13.8 Å². The molecule has 134 valence electrons. The summed E-state index contributed by atoms with van der Waals surface area (Å²) in [4.78, 5) is 21.4. The molecule has 0 radical (unpaired) electrons. The number of anilines is 2. The lowest BCUT2D eigenvalue weighted by Crippen LogP contribution is -2.19. The molecule has 0 saturated carbocycles. The van der Waals surface area contributed by atoms with E-state index >= 15 is 0 Å². The highest BCUT2D eigenvalue weighted by atomic mass is 15.2. The van der Waals surface area contributed by atoms with Crippen LogP contribution in [0.3, 0.4) is 0 Å². The molecule has 26 heavy (non-hydrogen) atoms. The molecule has 0 amide bonds. The smallest absolute Gasteiger partial charge is 0.163 e. The van der Waals surface area contributed by atoms with Gasteiger partial charge in [0, 0.05) is 38.1 Å². The largest absolute Gasteiger partial charge is 0.293 e. The molecule has 6 nitrogen and oxygen atoms in total. The highest BCUT2D eigenvalue weighted by Crippen LogP contribution is 2.24. The molecular weight excluding hydrogens is 324 g/mol. The minimum Gasteiger partial charge on any atom is -0.293 e. The maximum atomic E-state index is 4.72. The second-order valence-electron chi connectivity index (χ2n) is 5.30. The highest BCUT2D eigenvalue weighted by molar-refractivity contribution is 5.85. The van der Waals surface area contributed by atoms with E-state index in [-0.39, 0.29) is 0 Å². The summed E-state index contributed by atoms with van der Waals surface area (Å²) in [6, 6.07) is 11.8. The van der Waals surface area contributed by atoms with Crippen molar-refractivity contribution >= 4 is 24.3 Å². The zero-order valence-electron chi connectivity index (χ0n) is 15.6. The van der Waals surface area contributed by atoms with Gasteiger partial charge < -0.3 is 0 Å². The lowest BCUT2D eigenvalue weighted by atomic mass is 10.2.